The van der Waals surface area contributed by atoms with Crippen LogP contribution in [-0.4, -0.2) is 34.7 Å². The first-order chi connectivity index (χ1) is 11.7. The van der Waals surface area contributed by atoms with Gasteiger partial charge in [0.25, 0.3) is 11.8 Å². The number of amides is 2. The van der Waals surface area contributed by atoms with Gasteiger partial charge >= 0.3 is 6.18 Å². The molecule has 0 aliphatic carbocycles. The van der Waals surface area contributed by atoms with Crippen molar-refractivity contribution in [1.82, 2.24) is 20.4 Å². The molecule has 0 radical (unpaired) electrons. The van der Waals surface area contributed by atoms with E-state index >= 15 is 0 Å². The second-order valence-corrected chi connectivity index (χ2v) is 5.52. The molecule has 2 N–H and O–H groups in total. The molecule has 0 unspecified atom stereocenters. The summed E-state index contributed by atoms with van der Waals surface area (Å²) < 4.78 is 39.3. The summed E-state index contributed by atoms with van der Waals surface area (Å²) in [7, 11) is 1.29. The number of halogens is 4. The van der Waals surface area contributed by atoms with E-state index in [0.29, 0.717) is 10.6 Å². The molecule has 0 fully saturated rings. The number of nitrogens with zero attached hydrogens (tertiary/aromatic N) is 2. The monoisotopic (exact) mass is 374 g/mol. The lowest BCUT2D eigenvalue weighted by Gasteiger charge is -2.08. The lowest BCUT2D eigenvalue weighted by atomic mass is 10.2. The molecule has 2 amide bonds. The molecule has 0 aliphatic heterocycles. The van der Waals surface area contributed by atoms with Gasteiger partial charge in [-0.05, 0) is 24.3 Å². The van der Waals surface area contributed by atoms with Crippen LogP contribution in [0.5, 0.6) is 0 Å². The van der Waals surface area contributed by atoms with Gasteiger partial charge in [0, 0.05) is 36.9 Å². The molecular weight excluding hydrogens is 361 g/mol. The number of rotatable bonds is 5. The molecule has 0 saturated heterocycles. The number of aryl methyl sites for hydroxylation is 1. The Morgan fingerprint density at radius 3 is 2.24 bits per heavy atom. The molecule has 2 aromatic rings. The number of aromatic nitrogens is 2. The zero-order valence-corrected chi connectivity index (χ0v) is 13.8. The van der Waals surface area contributed by atoms with Crippen LogP contribution in [-0.2, 0) is 13.2 Å². The SMILES string of the molecule is Cn1cc(C(=O)NCCNC(=O)c2ccc(Cl)cc2)c(C(F)(F)F)n1. The third kappa shape index (κ3) is 4.96. The Morgan fingerprint density at radius 2 is 1.68 bits per heavy atom. The summed E-state index contributed by atoms with van der Waals surface area (Å²) >= 11 is 5.72. The summed E-state index contributed by atoms with van der Waals surface area (Å²) in [6.07, 6.45) is -3.73. The van der Waals surface area contributed by atoms with Gasteiger partial charge < -0.3 is 10.6 Å². The van der Waals surface area contributed by atoms with Crippen LogP contribution in [0.4, 0.5) is 13.2 Å². The maximum absolute atomic E-state index is 12.8. The van der Waals surface area contributed by atoms with E-state index in [4.69, 9.17) is 11.6 Å². The molecule has 0 spiro atoms. The van der Waals surface area contributed by atoms with E-state index in [1.54, 1.807) is 12.1 Å². The fraction of sp³-hybridized carbons (Fsp3) is 0.267. The first-order valence-corrected chi connectivity index (χ1v) is 7.49. The molecule has 134 valence electrons. The van der Waals surface area contributed by atoms with Gasteiger partial charge in [-0.25, -0.2) is 0 Å². The van der Waals surface area contributed by atoms with Gasteiger partial charge in [0.1, 0.15) is 0 Å². The Balaban J connectivity index is 1.87. The van der Waals surface area contributed by atoms with Crippen molar-refractivity contribution in [2.75, 3.05) is 13.1 Å². The number of alkyl halides is 3. The molecule has 2 rings (SSSR count). The molecule has 0 saturated carbocycles. The fourth-order valence-electron chi connectivity index (χ4n) is 2.01. The number of hydrogen-bond acceptors (Lipinski definition) is 3. The van der Waals surface area contributed by atoms with Crippen LogP contribution in [0.15, 0.2) is 30.5 Å². The molecule has 1 aromatic carbocycles. The third-order valence-electron chi connectivity index (χ3n) is 3.14. The number of benzene rings is 1. The van der Waals surface area contributed by atoms with Crippen LogP contribution in [0.2, 0.25) is 5.02 Å². The van der Waals surface area contributed by atoms with Gasteiger partial charge in [-0.3, -0.25) is 14.3 Å². The van der Waals surface area contributed by atoms with E-state index in [-0.39, 0.29) is 19.0 Å². The van der Waals surface area contributed by atoms with Gasteiger partial charge in [0.05, 0.1) is 5.56 Å². The van der Waals surface area contributed by atoms with Gasteiger partial charge in [-0.1, -0.05) is 11.6 Å². The van der Waals surface area contributed by atoms with Crippen molar-refractivity contribution in [2.45, 2.75) is 6.18 Å². The molecule has 0 atom stereocenters. The zero-order chi connectivity index (χ0) is 18.6. The smallest absolute Gasteiger partial charge is 0.350 e. The van der Waals surface area contributed by atoms with Crippen LogP contribution < -0.4 is 10.6 Å². The third-order valence-corrected chi connectivity index (χ3v) is 3.40. The number of hydrogen-bond donors (Lipinski definition) is 2. The van der Waals surface area contributed by atoms with Crippen LogP contribution in [0, 0.1) is 0 Å². The number of carbonyl (C=O) groups is 2. The van der Waals surface area contributed by atoms with Gasteiger partial charge in [-0.2, -0.15) is 18.3 Å². The minimum Gasteiger partial charge on any atom is -0.350 e. The van der Waals surface area contributed by atoms with E-state index in [0.717, 1.165) is 10.9 Å². The van der Waals surface area contributed by atoms with Crippen LogP contribution in [0.1, 0.15) is 26.4 Å². The Morgan fingerprint density at radius 1 is 1.12 bits per heavy atom. The second-order valence-electron chi connectivity index (χ2n) is 5.08. The van der Waals surface area contributed by atoms with Crippen molar-refractivity contribution < 1.29 is 22.8 Å². The van der Waals surface area contributed by atoms with Crippen LogP contribution in [0.25, 0.3) is 0 Å². The molecule has 10 heteroatoms. The molecule has 0 aliphatic rings. The predicted octanol–water partition coefficient (Wildman–Crippen LogP) is 2.25. The minimum absolute atomic E-state index is 0.0373. The summed E-state index contributed by atoms with van der Waals surface area (Å²) in [5.74, 6) is -1.30. The topological polar surface area (TPSA) is 76.0 Å². The van der Waals surface area contributed by atoms with E-state index in [1.807, 2.05) is 0 Å². The summed E-state index contributed by atoms with van der Waals surface area (Å²) in [6, 6.07) is 6.17. The highest BCUT2D eigenvalue weighted by Gasteiger charge is 2.38. The molecule has 1 heterocycles. The molecule has 25 heavy (non-hydrogen) atoms. The average Bonchev–Trinajstić information content (AvgIpc) is 2.94. The Kier molecular flexibility index (Phi) is 5.68. The van der Waals surface area contributed by atoms with Crippen molar-refractivity contribution in [1.29, 1.82) is 0 Å². The van der Waals surface area contributed by atoms with Crippen molar-refractivity contribution >= 4 is 23.4 Å². The van der Waals surface area contributed by atoms with E-state index in [9.17, 15) is 22.8 Å². The molecule has 1 aromatic heterocycles. The van der Waals surface area contributed by atoms with Crippen molar-refractivity contribution in [3.05, 3.63) is 52.3 Å². The fourth-order valence-corrected chi connectivity index (χ4v) is 2.14. The highest BCUT2D eigenvalue weighted by molar-refractivity contribution is 6.30. The second kappa shape index (κ2) is 7.56. The maximum Gasteiger partial charge on any atom is 0.435 e. The van der Waals surface area contributed by atoms with E-state index < -0.39 is 23.3 Å². The van der Waals surface area contributed by atoms with Crippen molar-refractivity contribution in [2.24, 2.45) is 7.05 Å². The summed E-state index contributed by atoms with van der Waals surface area (Å²) in [6.45, 7) is 0.0131. The first-order valence-electron chi connectivity index (χ1n) is 7.11. The van der Waals surface area contributed by atoms with Crippen molar-refractivity contribution in [3.63, 3.8) is 0 Å². The predicted molar refractivity (Wildman–Crippen MR) is 84.3 cm³/mol. The van der Waals surface area contributed by atoms with Crippen LogP contribution >= 0.6 is 11.6 Å². The standard InChI is InChI=1S/C15H14ClF3N4O2/c1-23-8-11(12(22-23)15(17,18)19)14(25)21-7-6-20-13(24)9-2-4-10(16)5-3-9/h2-5,8H,6-7H2,1H3,(H,20,24)(H,21,25). The molecular formula is C15H14ClF3N4O2. The summed E-state index contributed by atoms with van der Waals surface area (Å²) in [5, 5.41) is 8.59. The zero-order valence-electron chi connectivity index (χ0n) is 13.0. The maximum atomic E-state index is 12.8. The summed E-state index contributed by atoms with van der Waals surface area (Å²) in [4.78, 5) is 23.7. The lowest BCUT2D eigenvalue weighted by Crippen LogP contribution is -2.35. The highest BCUT2D eigenvalue weighted by atomic mass is 35.5. The molecule has 0 bridgehead atoms. The minimum atomic E-state index is -4.73. The Labute approximate surface area is 146 Å². The Hall–Kier alpha value is -2.55. The van der Waals surface area contributed by atoms with Gasteiger partial charge in [0.2, 0.25) is 0 Å². The number of nitrogens with one attached hydrogen (secondary N) is 2. The van der Waals surface area contributed by atoms with E-state index in [2.05, 4.69) is 15.7 Å². The highest BCUT2D eigenvalue weighted by Crippen LogP contribution is 2.30. The lowest BCUT2D eigenvalue weighted by molar-refractivity contribution is -0.141. The first kappa shape index (κ1) is 18.8. The number of carbonyl (C=O) groups excluding carboxylic acids is 2. The Bertz CT molecular complexity index is 772. The van der Waals surface area contributed by atoms with Gasteiger partial charge in [-0.15, -0.1) is 0 Å². The quantitative estimate of drug-likeness (QED) is 0.788. The van der Waals surface area contributed by atoms with Gasteiger partial charge in [0.15, 0.2) is 5.69 Å². The van der Waals surface area contributed by atoms with Crippen molar-refractivity contribution in [3.8, 4) is 0 Å². The normalized spacial score (nSPS) is 11.2. The average molecular weight is 375 g/mol. The summed E-state index contributed by atoms with van der Waals surface area (Å²) in [5.41, 5.74) is -1.45. The molecule has 6 nitrogen and oxygen atoms in total. The van der Waals surface area contributed by atoms with Crippen LogP contribution in [0.3, 0.4) is 0 Å². The largest absolute Gasteiger partial charge is 0.435 e. The van der Waals surface area contributed by atoms with E-state index in [1.165, 1.54) is 19.2 Å².